The van der Waals surface area contributed by atoms with Crippen LogP contribution in [0.4, 0.5) is 11.6 Å². The molecule has 132 valence electrons. The maximum Gasteiger partial charge on any atom is 0.210 e. The van der Waals surface area contributed by atoms with E-state index in [1.165, 1.54) is 4.68 Å². The number of rotatable bonds is 2. The molecule has 0 saturated heterocycles. The summed E-state index contributed by atoms with van der Waals surface area (Å²) in [5.41, 5.74) is 2.99. The average Bonchev–Trinajstić information content (AvgIpc) is 3.13. The molecule has 1 aromatic carbocycles. The van der Waals surface area contributed by atoms with Gasteiger partial charge in [-0.25, -0.2) is 20.0 Å². The fraction of sp³-hybridized carbons (Fsp3) is 0.278. The number of benzene rings is 1. The van der Waals surface area contributed by atoms with Crippen LogP contribution >= 0.6 is 0 Å². The van der Waals surface area contributed by atoms with Gasteiger partial charge in [-0.2, -0.15) is 5.26 Å². The number of para-hydroxylation sites is 1. The SMILES string of the molecule is CC1CC1c1nnn(C#N)c1N1C=NC2c3ccccc3-n3cncc3N21. The molecule has 9 heteroatoms. The monoisotopic (exact) mass is 357 g/mol. The lowest BCUT2D eigenvalue weighted by Crippen LogP contribution is -2.43. The van der Waals surface area contributed by atoms with Crippen molar-refractivity contribution in [1.29, 1.82) is 5.26 Å². The van der Waals surface area contributed by atoms with Crippen molar-refractivity contribution in [1.82, 2.24) is 24.5 Å². The van der Waals surface area contributed by atoms with E-state index in [9.17, 15) is 5.26 Å². The molecule has 3 aliphatic rings. The van der Waals surface area contributed by atoms with Gasteiger partial charge in [-0.15, -0.1) is 9.78 Å². The van der Waals surface area contributed by atoms with E-state index in [0.29, 0.717) is 17.7 Å². The van der Waals surface area contributed by atoms with E-state index in [4.69, 9.17) is 4.99 Å². The van der Waals surface area contributed by atoms with Crippen molar-refractivity contribution in [3.05, 3.63) is 48.0 Å². The van der Waals surface area contributed by atoms with Gasteiger partial charge in [0.1, 0.15) is 18.4 Å². The third-order valence-corrected chi connectivity index (χ3v) is 5.55. The molecule has 27 heavy (non-hydrogen) atoms. The molecule has 2 aliphatic heterocycles. The zero-order valence-corrected chi connectivity index (χ0v) is 14.5. The van der Waals surface area contributed by atoms with Gasteiger partial charge in [-0.1, -0.05) is 30.3 Å². The minimum atomic E-state index is -0.211. The molecule has 4 heterocycles. The molecule has 1 saturated carbocycles. The largest absolute Gasteiger partial charge is 0.284 e. The van der Waals surface area contributed by atoms with Crippen molar-refractivity contribution in [2.24, 2.45) is 10.9 Å². The predicted octanol–water partition coefficient (Wildman–Crippen LogP) is 2.20. The van der Waals surface area contributed by atoms with E-state index >= 15 is 0 Å². The zero-order chi connectivity index (χ0) is 18.1. The highest BCUT2D eigenvalue weighted by Crippen LogP contribution is 2.50. The lowest BCUT2D eigenvalue weighted by atomic mass is 10.1. The first kappa shape index (κ1) is 14.5. The smallest absolute Gasteiger partial charge is 0.210 e. The van der Waals surface area contributed by atoms with Gasteiger partial charge in [0.15, 0.2) is 17.8 Å². The van der Waals surface area contributed by atoms with Crippen LogP contribution in [-0.4, -0.2) is 30.9 Å². The van der Waals surface area contributed by atoms with Crippen molar-refractivity contribution in [3.8, 4) is 11.9 Å². The Balaban J connectivity index is 1.53. The van der Waals surface area contributed by atoms with E-state index in [1.54, 1.807) is 12.7 Å². The van der Waals surface area contributed by atoms with Gasteiger partial charge in [0.2, 0.25) is 6.19 Å². The molecule has 9 nitrogen and oxygen atoms in total. The molecule has 0 radical (unpaired) electrons. The first-order valence-electron chi connectivity index (χ1n) is 8.87. The Morgan fingerprint density at radius 1 is 1.26 bits per heavy atom. The van der Waals surface area contributed by atoms with E-state index in [2.05, 4.69) is 40.5 Å². The molecule has 3 aromatic rings. The molecular weight excluding hydrogens is 342 g/mol. The van der Waals surface area contributed by atoms with Crippen molar-refractivity contribution >= 4 is 18.0 Å². The van der Waals surface area contributed by atoms with Crippen LogP contribution in [0.2, 0.25) is 0 Å². The van der Waals surface area contributed by atoms with E-state index in [-0.39, 0.29) is 6.17 Å². The Morgan fingerprint density at radius 2 is 2.11 bits per heavy atom. The van der Waals surface area contributed by atoms with Crippen molar-refractivity contribution in [2.45, 2.75) is 25.4 Å². The van der Waals surface area contributed by atoms with Crippen LogP contribution < -0.4 is 10.0 Å². The summed E-state index contributed by atoms with van der Waals surface area (Å²) in [6.07, 6.45) is 8.33. The topological polar surface area (TPSA) is 91.2 Å². The highest BCUT2D eigenvalue weighted by atomic mass is 15.7. The number of nitriles is 1. The van der Waals surface area contributed by atoms with Gasteiger partial charge >= 0.3 is 0 Å². The molecule has 2 aromatic heterocycles. The Bertz CT molecular complexity index is 1130. The maximum absolute atomic E-state index is 9.57. The summed E-state index contributed by atoms with van der Waals surface area (Å²) in [6.45, 7) is 2.19. The number of anilines is 2. The molecular formula is C18H15N9. The van der Waals surface area contributed by atoms with Crippen molar-refractivity contribution < 1.29 is 0 Å². The second-order valence-electron chi connectivity index (χ2n) is 7.14. The summed E-state index contributed by atoms with van der Waals surface area (Å²) >= 11 is 0. The Kier molecular flexibility index (Phi) is 2.65. The average molecular weight is 357 g/mol. The van der Waals surface area contributed by atoms with Crippen molar-refractivity contribution in [2.75, 3.05) is 10.0 Å². The van der Waals surface area contributed by atoms with Crippen LogP contribution in [0.25, 0.3) is 5.69 Å². The van der Waals surface area contributed by atoms with Crippen LogP contribution in [0.15, 0.2) is 41.8 Å². The lowest BCUT2D eigenvalue weighted by Gasteiger charge is -2.37. The second-order valence-corrected chi connectivity index (χ2v) is 7.14. The first-order valence-corrected chi connectivity index (χ1v) is 8.87. The molecule has 0 spiro atoms. The Morgan fingerprint density at radius 3 is 2.93 bits per heavy atom. The third kappa shape index (κ3) is 1.81. The van der Waals surface area contributed by atoms with Gasteiger partial charge in [-0.05, 0) is 18.4 Å². The second kappa shape index (κ2) is 4.94. The summed E-state index contributed by atoms with van der Waals surface area (Å²) in [5, 5.41) is 21.9. The zero-order valence-electron chi connectivity index (χ0n) is 14.5. The summed E-state index contributed by atoms with van der Waals surface area (Å²) in [6, 6.07) is 8.15. The summed E-state index contributed by atoms with van der Waals surface area (Å²) in [7, 11) is 0. The number of hydrazine groups is 1. The number of imidazole rings is 1. The van der Waals surface area contributed by atoms with Crippen LogP contribution in [0, 0.1) is 17.4 Å². The van der Waals surface area contributed by atoms with Crippen LogP contribution in [0.1, 0.15) is 36.7 Å². The molecule has 1 aliphatic carbocycles. The molecule has 0 amide bonds. The number of nitrogens with zero attached hydrogens (tertiary/aromatic N) is 9. The number of hydrogen-bond donors (Lipinski definition) is 0. The van der Waals surface area contributed by atoms with Gasteiger partial charge in [0.25, 0.3) is 0 Å². The van der Waals surface area contributed by atoms with Crippen LogP contribution in [0.3, 0.4) is 0 Å². The first-order chi connectivity index (χ1) is 13.3. The van der Waals surface area contributed by atoms with Crippen LogP contribution in [0.5, 0.6) is 0 Å². The minimum absolute atomic E-state index is 0.211. The Labute approximate surface area is 154 Å². The number of aromatic nitrogens is 5. The standard InChI is InChI=1S/C18H15N9/c1-11-6-13(11)16-18(25(8-19)23-22-16)26-10-21-17-12-4-2-3-5-14(12)24-9-20-7-15(24)27(17)26/h2-5,7,9-11,13,17H,6H2,1H3. The molecule has 0 bridgehead atoms. The predicted molar refractivity (Wildman–Crippen MR) is 97.3 cm³/mol. The van der Waals surface area contributed by atoms with Crippen LogP contribution in [-0.2, 0) is 0 Å². The number of aliphatic imine (C=N–C) groups is 1. The Hall–Kier alpha value is -3.67. The highest BCUT2D eigenvalue weighted by Gasteiger charge is 2.45. The highest BCUT2D eigenvalue weighted by molar-refractivity contribution is 5.87. The van der Waals surface area contributed by atoms with Gasteiger partial charge in [0.05, 0.1) is 11.9 Å². The maximum atomic E-state index is 9.57. The van der Waals surface area contributed by atoms with Gasteiger partial charge < -0.3 is 0 Å². The fourth-order valence-corrected chi connectivity index (χ4v) is 4.05. The van der Waals surface area contributed by atoms with E-state index < -0.39 is 0 Å². The third-order valence-electron chi connectivity index (χ3n) is 5.55. The van der Waals surface area contributed by atoms with E-state index in [0.717, 1.165) is 29.2 Å². The van der Waals surface area contributed by atoms with Crippen molar-refractivity contribution in [3.63, 3.8) is 0 Å². The minimum Gasteiger partial charge on any atom is -0.284 e. The van der Waals surface area contributed by atoms with Gasteiger partial charge in [0, 0.05) is 11.5 Å². The number of hydrogen-bond acceptors (Lipinski definition) is 7. The lowest BCUT2D eigenvalue weighted by molar-refractivity contribution is 0.651. The molecule has 3 unspecified atom stereocenters. The van der Waals surface area contributed by atoms with E-state index in [1.807, 2.05) is 32.9 Å². The summed E-state index contributed by atoms with van der Waals surface area (Å²) in [5.74, 6) is 2.42. The quantitative estimate of drug-likeness (QED) is 0.698. The molecule has 0 N–H and O–H groups in total. The molecule has 1 fully saturated rings. The van der Waals surface area contributed by atoms with Gasteiger partial charge in [-0.3, -0.25) is 4.57 Å². The summed E-state index contributed by atoms with van der Waals surface area (Å²) < 4.78 is 3.31. The molecule has 6 rings (SSSR count). The number of fused-ring (bicyclic) bond motifs is 6. The summed E-state index contributed by atoms with van der Waals surface area (Å²) in [4.78, 5) is 9.08. The molecule has 3 atom stereocenters. The normalized spacial score (nSPS) is 24.4. The fourth-order valence-electron chi connectivity index (χ4n) is 4.05.